The van der Waals surface area contributed by atoms with Crippen LogP contribution in [-0.2, 0) is 9.47 Å². The molecule has 0 spiro atoms. The normalized spacial score (nSPS) is 14.8. The number of unbranched alkanes of at least 4 members (excludes halogenated alkanes) is 1. The lowest BCUT2D eigenvalue weighted by Crippen LogP contribution is -2.36. The van der Waals surface area contributed by atoms with Gasteiger partial charge < -0.3 is 14.6 Å². The summed E-state index contributed by atoms with van der Waals surface area (Å²) in [5, 5.41) is 8.57. The van der Waals surface area contributed by atoms with Gasteiger partial charge >= 0.3 is 6.16 Å². The highest BCUT2D eigenvalue weighted by molar-refractivity contribution is 5.57. The average molecular weight is 204 g/mol. The molecule has 0 aliphatic carbocycles. The topological polar surface area (TPSA) is 55.8 Å². The SMILES string of the molecule is CCCCC(C)(COCC)OC(=O)O. The van der Waals surface area contributed by atoms with Gasteiger partial charge in [0.25, 0.3) is 0 Å². The van der Waals surface area contributed by atoms with E-state index in [0.717, 1.165) is 12.8 Å². The molecule has 0 saturated heterocycles. The molecule has 4 heteroatoms. The van der Waals surface area contributed by atoms with E-state index >= 15 is 0 Å². The van der Waals surface area contributed by atoms with Crippen molar-refractivity contribution in [2.75, 3.05) is 13.2 Å². The van der Waals surface area contributed by atoms with Crippen molar-refractivity contribution < 1.29 is 19.4 Å². The fraction of sp³-hybridized carbons (Fsp3) is 0.900. The summed E-state index contributed by atoms with van der Waals surface area (Å²) in [5.41, 5.74) is -0.697. The van der Waals surface area contributed by atoms with Gasteiger partial charge in [0.1, 0.15) is 5.60 Å². The summed E-state index contributed by atoms with van der Waals surface area (Å²) >= 11 is 0. The molecule has 0 saturated carbocycles. The van der Waals surface area contributed by atoms with E-state index in [4.69, 9.17) is 14.6 Å². The largest absolute Gasteiger partial charge is 0.506 e. The van der Waals surface area contributed by atoms with Crippen LogP contribution in [0, 0.1) is 0 Å². The third kappa shape index (κ3) is 5.80. The first kappa shape index (κ1) is 13.2. The van der Waals surface area contributed by atoms with Gasteiger partial charge in [-0.3, -0.25) is 0 Å². The molecule has 0 fully saturated rings. The molecule has 0 bridgehead atoms. The first-order valence-corrected chi connectivity index (χ1v) is 5.03. The number of ether oxygens (including phenoxy) is 2. The Labute approximate surface area is 85.2 Å². The Morgan fingerprint density at radius 2 is 2.07 bits per heavy atom. The Kier molecular flexibility index (Phi) is 6.28. The van der Waals surface area contributed by atoms with Crippen LogP contribution in [0.4, 0.5) is 4.79 Å². The predicted octanol–water partition coefficient (Wildman–Crippen LogP) is 2.67. The number of carboxylic acid groups (broad SMARTS) is 1. The second-order valence-corrected chi connectivity index (χ2v) is 3.56. The third-order valence-electron chi connectivity index (χ3n) is 2.00. The molecule has 0 aromatic heterocycles. The van der Waals surface area contributed by atoms with Gasteiger partial charge in [-0.1, -0.05) is 13.3 Å². The summed E-state index contributed by atoms with van der Waals surface area (Å²) in [4.78, 5) is 10.5. The quantitative estimate of drug-likeness (QED) is 0.648. The predicted molar refractivity (Wildman–Crippen MR) is 53.5 cm³/mol. The Balaban J connectivity index is 4.09. The van der Waals surface area contributed by atoms with Gasteiger partial charge in [-0.15, -0.1) is 0 Å². The highest BCUT2D eigenvalue weighted by Gasteiger charge is 2.28. The molecule has 0 aliphatic heterocycles. The fourth-order valence-corrected chi connectivity index (χ4v) is 1.23. The molecule has 14 heavy (non-hydrogen) atoms. The molecule has 0 aliphatic rings. The van der Waals surface area contributed by atoms with Gasteiger partial charge in [-0.2, -0.15) is 0 Å². The van der Waals surface area contributed by atoms with Crippen molar-refractivity contribution in [1.29, 1.82) is 0 Å². The van der Waals surface area contributed by atoms with Crippen molar-refractivity contribution in [2.45, 2.75) is 45.6 Å². The van der Waals surface area contributed by atoms with Gasteiger partial charge in [0, 0.05) is 6.61 Å². The van der Waals surface area contributed by atoms with Crippen molar-refractivity contribution >= 4 is 6.16 Å². The lowest BCUT2D eigenvalue weighted by atomic mass is 10.00. The molecule has 4 nitrogen and oxygen atoms in total. The van der Waals surface area contributed by atoms with Crippen molar-refractivity contribution in [3.63, 3.8) is 0 Å². The van der Waals surface area contributed by atoms with E-state index in [1.54, 1.807) is 6.92 Å². The van der Waals surface area contributed by atoms with Crippen LogP contribution < -0.4 is 0 Å². The van der Waals surface area contributed by atoms with Crippen LogP contribution in [0.2, 0.25) is 0 Å². The number of hydrogen-bond donors (Lipinski definition) is 1. The second kappa shape index (κ2) is 6.65. The van der Waals surface area contributed by atoms with E-state index in [1.807, 2.05) is 6.92 Å². The Hall–Kier alpha value is -0.770. The van der Waals surface area contributed by atoms with Crippen LogP contribution in [0.15, 0.2) is 0 Å². The molecular formula is C10H20O4. The van der Waals surface area contributed by atoms with E-state index in [0.29, 0.717) is 19.6 Å². The van der Waals surface area contributed by atoms with E-state index in [9.17, 15) is 4.79 Å². The van der Waals surface area contributed by atoms with E-state index in [-0.39, 0.29) is 0 Å². The molecule has 0 aromatic rings. The smallest absolute Gasteiger partial charge is 0.450 e. The Morgan fingerprint density at radius 3 is 2.50 bits per heavy atom. The maximum Gasteiger partial charge on any atom is 0.506 e. The summed E-state index contributed by atoms with van der Waals surface area (Å²) in [6.45, 7) is 6.61. The van der Waals surface area contributed by atoms with Gasteiger partial charge in [0.2, 0.25) is 0 Å². The zero-order valence-corrected chi connectivity index (χ0v) is 9.21. The monoisotopic (exact) mass is 204 g/mol. The lowest BCUT2D eigenvalue weighted by molar-refractivity contribution is -0.0648. The summed E-state index contributed by atoms with van der Waals surface area (Å²) in [5.74, 6) is 0. The average Bonchev–Trinajstić information content (AvgIpc) is 2.11. The van der Waals surface area contributed by atoms with E-state index < -0.39 is 11.8 Å². The minimum atomic E-state index is -1.23. The van der Waals surface area contributed by atoms with E-state index in [1.165, 1.54) is 0 Å². The molecule has 0 amide bonds. The minimum Gasteiger partial charge on any atom is -0.450 e. The Bertz CT molecular complexity index is 160. The van der Waals surface area contributed by atoms with Gasteiger partial charge in [0.15, 0.2) is 0 Å². The molecule has 0 heterocycles. The molecule has 1 N–H and O–H groups in total. The van der Waals surface area contributed by atoms with Crippen molar-refractivity contribution in [1.82, 2.24) is 0 Å². The summed E-state index contributed by atoms with van der Waals surface area (Å²) in [7, 11) is 0. The molecular weight excluding hydrogens is 184 g/mol. The van der Waals surface area contributed by atoms with Crippen molar-refractivity contribution in [3.05, 3.63) is 0 Å². The Morgan fingerprint density at radius 1 is 1.43 bits per heavy atom. The van der Waals surface area contributed by atoms with Crippen LogP contribution in [0.3, 0.4) is 0 Å². The first-order valence-electron chi connectivity index (χ1n) is 5.03. The van der Waals surface area contributed by atoms with Crippen LogP contribution in [0.5, 0.6) is 0 Å². The molecule has 1 atom stereocenters. The minimum absolute atomic E-state index is 0.329. The van der Waals surface area contributed by atoms with E-state index in [2.05, 4.69) is 6.92 Å². The molecule has 0 rings (SSSR count). The third-order valence-corrected chi connectivity index (χ3v) is 2.00. The summed E-state index contributed by atoms with van der Waals surface area (Å²) in [6.07, 6.45) is 1.43. The highest BCUT2D eigenvalue weighted by atomic mass is 16.7. The molecule has 84 valence electrons. The first-order chi connectivity index (χ1) is 6.54. The standard InChI is InChI=1S/C10H20O4/c1-4-6-7-10(3,8-13-5-2)14-9(11)12/h4-8H2,1-3H3,(H,11,12). The van der Waals surface area contributed by atoms with Crippen LogP contribution in [0.25, 0.3) is 0 Å². The lowest BCUT2D eigenvalue weighted by Gasteiger charge is -2.27. The maximum absolute atomic E-state index is 10.5. The van der Waals surface area contributed by atoms with Crippen LogP contribution in [-0.4, -0.2) is 30.1 Å². The second-order valence-electron chi connectivity index (χ2n) is 3.56. The molecule has 1 unspecified atom stereocenters. The zero-order chi connectivity index (χ0) is 11.0. The number of carbonyl (C=O) groups is 1. The van der Waals surface area contributed by atoms with Gasteiger partial charge in [0.05, 0.1) is 6.61 Å². The van der Waals surface area contributed by atoms with Crippen LogP contribution in [0.1, 0.15) is 40.0 Å². The maximum atomic E-state index is 10.5. The molecule has 0 aromatic carbocycles. The van der Waals surface area contributed by atoms with Crippen molar-refractivity contribution in [2.24, 2.45) is 0 Å². The summed E-state index contributed by atoms with van der Waals surface area (Å²) < 4.78 is 10.0. The van der Waals surface area contributed by atoms with Gasteiger partial charge in [-0.25, -0.2) is 4.79 Å². The fourth-order valence-electron chi connectivity index (χ4n) is 1.23. The molecule has 0 radical (unpaired) electrons. The number of rotatable bonds is 7. The highest BCUT2D eigenvalue weighted by Crippen LogP contribution is 2.19. The summed E-state index contributed by atoms with van der Waals surface area (Å²) in [6, 6.07) is 0. The zero-order valence-electron chi connectivity index (χ0n) is 9.21. The van der Waals surface area contributed by atoms with Crippen molar-refractivity contribution in [3.8, 4) is 0 Å². The van der Waals surface area contributed by atoms with Crippen LogP contribution >= 0.6 is 0 Å². The van der Waals surface area contributed by atoms with Gasteiger partial charge in [-0.05, 0) is 26.7 Å². The number of hydrogen-bond acceptors (Lipinski definition) is 3.